The van der Waals surface area contributed by atoms with Crippen LogP contribution in [0.25, 0.3) is 0 Å². The number of benzene rings is 1. The number of hydrogen-bond acceptors (Lipinski definition) is 1. The van der Waals surface area contributed by atoms with Crippen LogP contribution >= 0.6 is 34.8 Å². The molecule has 0 unspecified atom stereocenters. The number of halogens is 3. The molecule has 1 rings (SSSR count). The first-order chi connectivity index (χ1) is 5.15. The van der Waals surface area contributed by atoms with Crippen LogP contribution in [0.2, 0.25) is 15.1 Å². The molecule has 0 heterocycles. The Kier molecular flexibility index (Phi) is 3.35. The Morgan fingerprint density at radius 2 is 1.55 bits per heavy atom. The predicted octanol–water partition coefficient (Wildman–Crippen LogP) is 4.01. The molecule has 0 saturated heterocycles. The van der Waals surface area contributed by atoms with E-state index in [1.165, 1.54) is 0 Å². The van der Waals surface area contributed by atoms with Crippen molar-refractivity contribution in [2.24, 2.45) is 3.96 Å². The molecule has 0 N–H and O–H groups in total. The molecule has 0 radical (unpaired) electrons. The topological polar surface area (TPSA) is 12.4 Å². The standard InChI is InChI=1S/C6H2Cl3N.Mn/c7-3-1-4(8)6(10)5(9)2-3;/h1-2H;. The van der Waals surface area contributed by atoms with E-state index in [-0.39, 0.29) is 0 Å². The summed E-state index contributed by atoms with van der Waals surface area (Å²) in [5.41, 5.74) is 0.498. The van der Waals surface area contributed by atoms with E-state index in [0.29, 0.717) is 20.8 Å². The Morgan fingerprint density at radius 1 is 1.09 bits per heavy atom. The minimum absolute atomic E-state index is 0.430. The SMILES string of the molecule is Clc1cc(Cl)c([N]=[Mn])c(Cl)c1. The molecule has 0 amide bonds. The first-order valence-corrected chi connectivity index (χ1v) is 4.28. The second-order valence-corrected chi connectivity index (χ2v) is 3.32. The maximum atomic E-state index is 5.74. The van der Waals surface area contributed by atoms with E-state index in [1.807, 2.05) is 0 Å². The summed E-state index contributed by atoms with van der Waals surface area (Å²) < 4.78 is 3.70. The van der Waals surface area contributed by atoms with Crippen molar-refractivity contribution in [3.05, 3.63) is 27.2 Å². The van der Waals surface area contributed by atoms with Crippen molar-refractivity contribution < 1.29 is 15.8 Å². The van der Waals surface area contributed by atoms with E-state index in [0.717, 1.165) is 0 Å². The van der Waals surface area contributed by atoms with E-state index in [9.17, 15) is 0 Å². The number of rotatable bonds is 1. The quantitative estimate of drug-likeness (QED) is 0.667. The Bertz CT molecular complexity index is 277. The van der Waals surface area contributed by atoms with Gasteiger partial charge in [0.15, 0.2) is 0 Å². The van der Waals surface area contributed by atoms with E-state index in [2.05, 4.69) is 19.8 Å². The van der Waals surface area contributed by atoms with Gasteiger partial charge in [0, 0.05) is 0 Å². The monoisotopic (exact) mass is 248 g/mol. The summed E-state index contributed by atoms with van der Waals surface area (Å²) in [6, 6.07) is 3.16. The summed E-state index contributed by atoms with van der Waals surface area (Å²) >= 11 is 20.0. The first kappa shape index (κ1) is 9.50. The fourth-order valence-corrected chi connectivity index (χ4v) is 1.95. The molecule has 11 heavy (non-hydrogen) atoms. The van der Waals surface area contributed by atoms with Gasteiger partial charge < -0.3 is 0 Å². The molecule has 1 aromatic rings. The molecule has 0 spiro atoms. The van der Waals surface area contributed by atoms with Gasteiger partial charge in [-0.05, 0) is 0 Å². The predicted molar refractivity (Wildman–Crippen MR) is 43.6 cm³/mol. The van der Waals surface area contributed by atoms with Gasteiger partial charge in [0.25, 0.3) is 0 Å². The second kappa shape index (κ2) is 3.88. The Balaban J connectivity index is 3.36. The molecular weight excluding hydrogens is 247 g/mol. The van der Waals surface area contributed by atoms with Crippen LogP contribution < -0.4 is 0 Å². The van der Waals surface area contributed by atoms with Gasteiger partial charge in [-0.15, -0.1) is 0 Å². The number of hydrogen-bond donors (Lipinski definition) is 0. The Hall–Kier alpha value is 0.409. The van der Waals surface area contributed by atoms with Crippen LogP contribution in [-0.4, -0.2) is 0 Å². The minimum atomic E-state index is 0.430. The van der Waals surface area contributed by atoms with Gasteiger partial charge in [-0.1, -0.05) is 0 Å². The Labute approximate surface area is 87.3 Å². The molecule has 0 fully saturated rings. The summed E-state index contributed by atoms with van der Waals surface area (Å²) in [7, 11) is 0. The van der Waals surface area contributed by atoms with E-state index < -0.39 is 0 Å². The van der Waals surface area contributed by atoms with Gasteiger partial charge in [0.05, 0.1) is 0 Å². The van der Waals surface area contributed by atoms with Crippen molar-refractivity contribution in [2.75, 3.05) is 0 Å². The van der Waals surface area contributed by atoms with E-state index >= 15 is 0 Å². The zero-order valence-corrected chi connectivity index (χ0v) is 8.56. The van der Waals surface area contributed by atoms with Gasteiger partial charge >= 0.3 is 87.5 Å². The first-order valence-electron chi connectivity index (χ1n) is 2.61. The van der Waals surface area contributed by atoms with Gasteiger partial charge in [-0.3, -0.25) is 0 Å². The molecule has 1 nitrogen and oxygen atoms in total. The maximum absolute atomic E-state index is 5.74. The Morgan fingerprint density at radius 3 is 1.91 bits per heavy atom. The fourth-order valence-electron chi connectivity index (χ4n) is 0.615. The third kappa shape index (κ3) is 2.17. The van der Waals surface area contributed by atoms with Crippen molar-refractivity contribution in [1.29, 1.82) is 0 Å². The summed E-state index contributed by atoms with van der Waals surface area (Å²) in [6.07, 6.45) is 0. The van der Waals surface area contributed by atoms with Crippen LogP contribution in [-0.2, 0) is 15.8 Å². The van der Waals surface area contributed by atoms with Crippen molar-refractivity contribution in [2.45, 2.75) is 0 Å². The second-order valence-electron chi connectivity index (χ2n) is 1.80. The van der Waals surface area contributed by atoms with Gasteiger partial charge in [-0.25, -0.2) is 0 Å². The third-order valence-electron chi connectivity index (χ3n) is 1.07. The molecule has 0 aliphatic heterocycles. The van der Waals surface area contributed by atoms with Crippen LogP contribution in [0.3, 0.4) is 0 Å². The van der Waals surface area contributed by atoms with E-state index in [4.69, 9.17) is 34.8 Å². The average Bonchev–Trinajstić information content (AvgIpc) is 1.85. The summed E-state index contributed by atoms with van der Waals surface area (Å²) in [5, 5.41) is 1.36. The molecule has 0 aromatic heterocycles. The van der Waals surface area contributed by atoms with Crippen molar-refractivity contribution >= 4 is 40.5 Å². The zero-order chi connectivity index (χ0) is 8.43. The normalized spacial score (nSPS) is 9.73. The molecule has 59 valence electrons. The molecule has 0 bridgehead atoms. The zero-order valence-electron chi connectivity index (χ0n) is 5.11. The number of nitrogens with zero attached hydrogens (tertiary/aromatic N) is 1. The van der Waals surface area contributed by atoms with Crippen LogP contribution in [0, 0.1) is 0 Å². The van der Waals surface area contributed by atoms with Crippen LogP contribution in [0.15, 0.2) is 16.1 Å². The van der Waals surface area contributed by atoms with Crippen LogP contribution in [0.1, 0.15) is 0 Å². The molecule has 0 atom stereocenters. The molecular formula is C6H2Cl3MnN. The van der Waals surface area contributed by atoms with Gasteiger partial charge in [0.2, 0.25) is 0 Å². The van der Waals surface area contributed by atoms with Gasteiger partial charge in [0.1, 0.15) is 0 Å². The average molecular weight is 249 g/mol. The molecule has 0 aliphatic rings. The van der Waals surface area contributed by atoms with Crippen LogP contribution in [0.4, 0.5) is 5.69 Å². The molecule has 1 aromatic carbocycles. The van der Waals surface area contributed by atoms with Crippen molar-refractivity contribution in [3.8, 4) is 0 Å². The summed E-state index contributed by atoms with van der Waals surface area (Å²) in [6.45, 7) is 0. The van der Waals surface area contributed by atoms with Crippen molar-refractivity contribution in [1.82, 2.24) is 0 Å². The van der Waals surface area contributed by atoms with Crippen molar-refractivity contribution in [3.63, 3.8) is 0 Å². The van der Waals surface area contributed by atoms with Crippen LogP contribution in [0.5, 0.6) is 0 Å². The fraction of sp³-hybridized carbons (Fsp3) is 0. The molecule has 5 heteroatoms. The van der Waals surface area contributed by atoms with Gasteiger partial charge in [-0.2, -0.15) is 0 Å². The van der Waals surface area contributed by atoms with E-state index in [1.54, 1.807) is 12.1 Å². The molecule has 0 aliphatic carbocycles. The molecule has 0 saturated carbocycles. The third-order valence-corrected chi connectivity index (χ3v) is 2.12. The summed E-state index contributed by atoms with van der Waals surface area (Å²) in [4.78, 5) is 0. The summed E-state index contributed by atoms with van der Waals surface area (Å²) in [5.74, 6) is 0.